The SMILES string of the molecule is CC1=CCCN(c2ccc(C(=O)O)c(C)c2)C1. The van der Waals surface area contributed by atoms with Crippen LogP contribution in [0.1, 0.15) is 29.3 Å². The molecule has 1 aliphatic heterocycles. The van der Waals surface area contributed by atoms with E-state index >= 15 is 0 Å². The van der Waals surface area contributed by atoms with Crippen LogP contribution in [-0.2, 0) is 0 Å². The molecule has 0 aromatic heterocycles. The van der Waals surface area contributed by atoms with Crippen LogP contribution in [0.15, 0.2) is 29.8 Å². The zero-order valence-electron chi connectivity index (χ0n) is 10.2. The average molecular weight is 231 g/mol. The van der Waals surface area contributed by atoms with Crippen molar-refractivity contribution in [3.8, 4) is 0 Å². The highest BCUT2D eigenvalue weighted by Crippen LogP contribution is 2.22. The number of carboxylic acid groups (broad SMARTS) is 1. The van der Waals surface area contributed by atoms with Gasteiger partial charge in [-0.15, -0.1) is 0 Å². The van der Waals surface area contributed by atoms with Crippen LogP contribution in [0, 0.1) is 6.92 Å². The van der Waals surface area contributed by atoms with E-state index in [1.54, 1.807) is 6.07 Å². The Kier molecular flexibility index (Phi) is 3.18. The summed E-state index contributed by atoms with van der Waals surface area (Å²) in [7, 11) is 0. The highest BCUT2D eigenvalue weighted by Gasteiger charge is 2.13. The van der Waals surface area contributed by atoms with E-state index < -0.39 is 5.97 Å². The molecule has 1 aliphatic rings. The molecule has 0 amide bonds. The molecular weight excluding hydrogens is 214 g/mol. The van der Waals surface area contributed by atoms with Crippen molar-refractivity contribution < 1.29 is 9.90 Å². The quantitative estimate of drug-likeness (QED) is 0.796. The first-order valence-corrected chi connectivity index (χ1v) is 5.82. The summed E-state index contributed by atoms with van der Waals surface area (Å²) in [5.74, 6) is -0.858. The summed E-state index contributed by atoms with van der Waals surface area (Å²) < 4.78 is 0. The summed E-state index contributed by atoms with van der Waals surface area (Å²) in [5.41, 5.74) is 3.69. The molecule has 1 N–H and O–H groups in total. The monoisotopic (exact) mass is 231 g/mol. The number of aromatic carboxylic acids is 1. The molecule has 0 spiro atoms. The highest BCUT2D eigenvalue weighted by atomic mass is 16.4. The molecule has 0 bridgehead atoms. The highest BCUT2D eigenvalue weighted by molar-refractivity contribution is 5.89. The van der Waals surface area contributed by atoms with Crippen LogP contribution in [0.2, 0.25) is 0 Å². The normalized spacial score (nSPS) is 15.6. The third-order valence-electron chi connectivity index (χ3n) is 3.14. The molecule has 3 heteroatoms. The molecule has 0 aliphatic carbocycles. The Morgan fingerprint density at radius 2 is 2.12 bits per heavy atom. The van der Waals surface area contributed by atoms with Gasteiger partial charge < -0.3 is 10.0 Å². The van der Waals surface area contributed by atoms with Crippen LogP contribution in [0.5, 0.6) is 0 Å². The topological polar surface area (TPSA) is 40.5 Å². The maximum absolute atomic E-state index is 10.9. The number of carboxylic acids is 1. The van der Waals surface area contributed by atoms with Gasteiger partial charge in [0.2, 0.25) is 0 Å². The van der Waals surface area contributed by atoms with Gasteiger partial charge in [-0.3, -0.25) is 0 Å². The fraction of sp³-hybridized carbons (Fsp3) is 0.357. The molecule has 0 radical (unpaired) electrons. The molecule has 1 aromatic rings. The number of rotatable bonds is 2. The first-order chi connectivity index (χ1) is 8.08. The van der Waals surface area contributed by atoms with Crippen molar-refractivity contribution in [2.75, 3.05) is 18.0 Å². The molecule has 0 saturated carbocycles. The zero-order valence-corrected chi connectivity index (χ0v) is 10.2. The van der Waals surface area contributed by atoms with E-state index in [1.807, 2.05) is 19.1 Å². The largest absolute Gasteiger partial charge is 0.478 e. The van der Waals surface area contributed by atoms with Crippen molar-refractivity contribution in [3.05, 3.63) is 41.0 Å². The summed E-state index contributed by atoms with van der Waals surface area (Å²) in [6, 6.07) is 5.55. The van der Waals surface area contributed by atoms with Gasteiger partial charge in [0.15, 0.2) is 0 Å². The van der Waals surface area contributed by atoms with Gasteiger partial charge in [-0.25, -0.2) is 4.79 Å². The average Bonchev–Trinajstić information content (AvgIpc) is 2.28. The van der Waals surface area contributed by atoms with E-state index in [4.69, 9.17) is 5.11 Å². The van der Waals surface area contributed by atoms with E-state index in [1.165, 1.54) is 5.57 Å². The predicted molar refractivity (Wildman–Crippen MR) is 68.7 cm³/mol. The van der Waals surface area contributed by atoms with Gasteiger partial charge in [-0.1, -0.05) is 11.6 Å². The molecule has 1 heterocycles. The number of hydrogen-bond acceptors (Lipinski definition) is 2. The first kappa shape index (κ1) is 11.7. The van der Waals surface area contributed by atoms with Crippen LogP contribution < -0.4 is 4.90 Å². The summed E-state index contributed by atoms with van der Waals surface area (Å²) in [6.07, 6.45) is 3.32. The lowest BCUT2D eigenvalue weighted by Gasteiger charge is -2.28. The minimum atomic E-state index is -0.858. The lowest BCUT2D eigenvalue weighted by molar-refractivity contribution is 0.0696. The number of anilines is 1. The van der Waals surface area contributed by atoms with E-state index in [0.29, 0.717) is 5.56 Å². The number of nitrogens with zero attached hydrogens (tertiary/aromatic N) is 1. The van der Waals surface area contributed by atoms with Gasteiger partial charge >= 0.3 is 5.97 Å². The van der Waals surface area contributed by atoms with Gasteiger partial charge in [0.1, 0.15) is 0 Å². The fourth-order valence-corrected chi connectivity index (χ4v) is 2.22. The maximum Gasteiger partial charge on any atom is 0.335 e. The summed E-state index contributed by atoms with van der Waals surface area (Å²) in [5, 5.41) is 8.99. The third-order valence-corrected chi connectivity index (χ3v) is 3.14. The van der Waals surface area contributed by atoms with E-state index in [2.05, 4.69) is 17.9 Å². The Bertz CT molecular complexity index is 477. The zero-order chi connectivity index (χ0) is 12.4. The maximum atomic E-state index is 10.9. The van der Waals surface area contributed by atoms with E-state index in [-0.39, 0.29) is 0 Å². The molecule has 0 atom stereocenters. The Balaban J connectivity index is 2.26. The second-order valence-electron chi connectivity index (χ2n) is 4.57. The predicted octanol–water partition coefficient (Wildman–Crippen LogP) is 2.85. The minimum Gasteiger partial charge on any atom is -0.478 e. The van der Waals surface area contributed by atoms with E-state index in [0.717, 1.165) is 30.8 Å². The first-order valence-electron chi connectivity index (χ1n) is 5.82. The lowest BCUT2D eigenvalue weighted by atomic mass is 10.1. The lowest BCUT2D eigenvalue weighted by Crippen LogP contribution is -2.29. The molecule has 2 rings (SSSR count). The van der Waals surface area contributed by atoms with Crippen molar-refractivity contribution in [2.45, 2.75) is 20.3 Å². The summed E-state index contributed by atoms with van der Waals surface area (Å²) in [6.45, 7) is 5.92. The number of carbonyl (C=O) groups is 1. The molecule has 17 heavy (non-hydrogen) atoms. The Hall–Kier alpha value is -1.77. The van der Waals surface area contributed by atoms with Gasteiger partial charge in [-0.2, -0.15) is 0 Å². The molecule has 0 saturated heterocycles. The van der Waals surface area contributed by atoms with E-state index in [9.17, 15) is 4.79 Å². The standard InChI is InChI=1S/C14H17NO2/c1-10-4-3-7-15(9-10)12-5-6-13(14(16)17)11(2)8-12/h4-6,8H,3,7,9H2,1-2H3,(H,16,17). The molecule has 0 unspecified atom stereocenters. The van der Waals surface area contributed by atoms with Crippen molar-refractivity contribution in [3.63, 3.8) is 0 Å². The van der Waals surface area contributed by atoms with Crippen molar-refractivity contribution in [1.82, 2.24) is 0 Å². The Morgan fingerprint density at radius 1 is 1.35 bits per heavy atom. The smallest absolute Gasteiger partial charge is 0.335 e. The fourth-order valence-electron chi connectivity index (χ4n) is 2.22. The number of aryl methyl sites for hydroxylation is 1. The van der Waals surface area contributed by atoms with Crippen LogP contribution in [0.4, 0.5) is 5.69 Å². The third kappa shape index (κ3) is 2.49. The van der Waals surface area contributed by atoms with Gasteiger partial charge in [-0.05, 0) is 44.0 Å². The number of benzene rings is 1. The molecule has 0 fully saturated rings. The van der Waals surface area contributed by atoms with Gasteiger partial charge in [0, 0.05) is 18.8 Å². The Labute approximate surface area is 101 Å². The van der Waals surface area contributed by atoms with Crippen molar-refractivity contribution in [1.29, 1.82) is 0 Å². The molecular formula is C14H17NO2. The van der Waals surface area contributed by atoms with Crippen LogP contribution in [0.25, 0.3) is 0 Å². The van der Waals surface area contributed by atoms with Crippen LogP contribution in [0.3, 0.4) is 0 Å². The summed E-state index contributed by atoms with van der Waals surface area (Å²) >= 11 is 0. The van der Waals surface area contributed by atoms with Crippen molar-refractivity contribution >= 4 is 11.7 Å². The Morgan fingerprint density at radius 3 is 2.71 bits per heavy atom. The molecule has 3 nitrogen and oxygen atoms in total. The van der Waals surface area contributed by atoms with Gasteiger partial charge in [0.25, 0.3) is 0 Å². The second kappa shape index (κ2) is 4.62. The van der Waals surface area contributed by atoms with Gasteiger partial charge in [0.05, 0.1) is 5.56 Å². The second-order valence-corrected chi connectivity index (χ2v) is 4.57. The minimum absolute atomic E-state index is 0.387. The molecule has 1 aromatic carbocycles. The van der Waals surface area contributed by atoms with Crippen molar-refractivity contribution in [2.24, 2.45) is 0 Å². The van der Waals surface area contributed by atoms with Crippen LogP contribution in [-0.4, -0.2) is 24.2 Å². The summed E-state index contributed by atoms with van der Waals surface area (Å²) in [4.78, 5) is 13.2. The number of hydrogen-bond donors (Lipinski definition) is 1. The van der Waals surface area contributed by atoms with Crippen LogP contribution >= 0.6 is 0 Å². The molecule has 90 valence electrons.